The number of ether oxygens (including phenoxy) is 1. The summed E-state index contributed by atoms with van der Waals surface area (Å²) in [7, 11) is -0.105. The summed E-state index contributed by atoms with van der Waals surface area (Å²) in [5.41, 5.74) is 0.699. The van der Waals surface area contributed by atoms with Crippen molar-refractivity contribution in [3.05, 3.63) is 34.7 Å². The lowest BCUT2D eigenvalue weighted by molar-refractivity contribution is -0.136. The van der Waals surface area contributed by atoms with E-state index in [-0.39, 0.29) is 16.4 Å². The molecule has 1 atom stereocenters. The van der Waals surface area contributed by atoms with Crippen LogP contribution in [0, 0.1) is 0 Å². The van der Waals surface area contributed by atoms with Gasteiger partial charge in [0.25, 0.3) is 11.1 Å². The van der Waals surface area contributed by atoms with E-state index in [0.29, 0.717) is 17.7 Å². The van der Waals surface area contributed by atoms with Gasteiger partial charge in [-0.1, -0.05) is 12.1 Å². The van der Waals surface area contributed by atoms with Crippen LogP contribution in [0.4, 0.5) is 4.79 Å². The zero-order valence-electron chi connectivity index (χ0n) is 15.5. The Morgan fingerprint density at radius 3 is 2.79 bits per heavy atom. The number of hydrogen-bond acceptors (Lipinski definition) is 7. The van der Waals surface area contributed by atoms with E-state index in [0.717, 1.165) is 16.7 Å². The number of imide groups is 1. The first-order valence-electron chi connectivity index (χ1n) is 8.55. The molecule has 8 nitrogen and oxygen atoms in total. The summed E-state index contributed by atoms with van der Waals surface area (Å²) in [6.07, 6.45) is 1.94. The first kappa shape index (κ1) is 20.4. The molecule has 3 rings (SSSR count). The van der Waals surface area contributed by atoms with Gasteiger partial charge in [-0.3, -0.25) is 19.3 Å². The summed E-state index contributed by atoms with van der Waals surface area (Å²) in [5.74, 6) is -0.436. The Morgan fingerprint density at radius 2 is 2.14 bits per heavy atom. The molecule has 2 heterocycles. The van der Waals surface area contributed by atoms with Crippen molar-refractivity contribution in [2.24, 2.45) is 0 Å². The van der Waals surface area contributed by atoms with Gasteiger partial charge in [0.2, 0.25) is 5.91 Å². The predicted octanol–water partition coefficient (Wildman–Crippen LogP) is 1.38. The van der Waals surface area contributed by atoms with Crippen molar-refractivity contribution >= 4 is 44.7 Å². The van der Waals surface area contributed by atoms with E-state index in [9.17, 15) is 22.8 Å². The molecule has 0 spiro atoms. The molecule has 1 aromatic rings. The van der Waals surface area contributed by atoms with E-state index in [1.807, 2.05) is 0 Å². The smallest absolute Gasteiger partial charge is 0.294 e. The normalized spacial score (nSPS) is 22.7. The first-order chi connectivity index (χ1) is 13.2. The van der Waals surface area contributed by atoms with Crippen molar-refractivity contribution in [2.75, 3.05) is 32.2 Å². The molecule has 0 N–H and O–H groups in total. The molecular weight excluding hydrogens is 404 g/mol. The topological polar surface area (TPSA) is 101 Å². The molecule has 150 valence electrons. The summed E-state index contributed by atoms with van der Waals surface area (Å²) < 4.78 is 28.3. The number of hydrogen-bond donors (Lipinski definition) is 0. The van der Waals surface area contributed by atoms with Gasteiger partial charge in [0.05, 0.1) is 23.5 Å². The minimum atomic E-state index is -3.14. The number of benzene rings is 1. The number of likely N-dealkylation sites (N-methyl/N-ethyl adjacent to an activating group) is 1. The lowest BCUT2D eigenvalue weighted by atomic mass is 10.2. The van der Waals surface area contributed by atoms with E-state index in [1.165, 1.54) is 19.1 Å². The van der Waals surface area contributed by atoms with Crippen molar-refractivity contribution in [1.82, 2.24) is 9.80 Å². The maximum absolute atomic E-state index is 12.6. The number of nitrogens with zero attached hydrogens (tertiary/aromatic N) is 2. The zero-order chi connectivity index (χ0) is 20.5. The largest absolute Gasteiger partial charge is 0.497 e. The summed E-state index contributed by atoms with van der Waals surface area (Å²) in [6.45, 7) is -0.410. The van der Waals surface area contributed by atoms with Crippen LogP contribution in [0.1, 0.15) is 12.0 Å². The average Bonchev–Trinajstić information content (AvgIpc) is 3.15. The number of carbonyl (C=O) groups is 3. The van der Waals surface area contributed by atoms with E-state index in [1.54, 1.807) is 30.3 Å². The Balaban J connectivity index is 1.69. The van der Waals surface area contributed by atoms with Gasteiger partial charge in [0, 0.05) is 13.1 Å². The van der Waals surface area contributed by atoms with Crippen molar-refractivity contribution in [1.29, 1.82) is 0 Å². The Morgan fingerprint density at radius 1 is 1.39 bits per heavy atom. The van der Waals surface area contributed by atoms with Crippen LogP contribution in [-0.4, -0.2) is 73.5 Å². The standard InChI is InChI=1S/C18H20N2O6S2/c1-19(13-6-7-28(24,25)11-13)16(21)10-20-17(22)15(27-18(20)23)9-12-4-3-5-14(8-12)26-2/h3-5,8-9,13H,6-7,10-11H2,1-2H3/b15-9-/t13-/m0/s1. The number of thioether (sulfide) groups is 1. The highest BCUT2D eigenvalue weighted by atomic mass is 32.2. The van der Waals surface area contributed by atoms with Crippen molar-refractivity contribution < 1.29 is 27.5 Å². The van der Waals surface area contributed by atoms with Gasteiger partial charge in [-0.05, 0) is 42.0 Å². The Labute approximate surface area is 167 Å². The van der Waals surface area contributed by atoms with E-state index in [4.69, 9.17) is 4.74 Å². The molecule has 0 saturated carbocycles. The number of methoxy groups -OCH3 is 1. The van der Waals surface area contributed by atoms with Gasteiger partial charge in [-0.25, -0.2) is 8.42 Å². The highest BCUT2D eigenvalue weighted by Crippen LogP contribution is 2.32. The van der Waals surface area contributed by atoms with Gasteiger partial charge in [0.15, 0.2) is 9.84 Å². The third-order valence-corrected chi connectivity index (χ3v) is 7.37. The summed E-state index contributed by atoms with van der Waals surface area (Å²) in [5, 5.41) is -0.528. The van der Waals surface area contributed by atoms with Gasteiger partial charge in [-0.2, -0.15) is 0 Å². The maximum atomic E-state index is 12.6. The van der Waals surface area contributed by atoms with Crippen molar-refractivity contribution in [3.8, 4) is 5.75 Å². The van der Waals surface area contributed by atoms with Crippen LogP contribution < -0.4 is 4.74 Å². The first-order valence-corrected chi connectivity index (χ1v) is 11.2. The third-order valence-electron chi connectivity index (χ3n) is 4.71. The molecule has 0 bridgehead atoms. The molecule has 3 amide bonds. The summed E-state index contributed by atoms with van der Waals surface area (Å²) in [6, 6.07) is 6.61. The molecule has 2 fully saturated rings. The van der Waals surface area contributed by atoms with Crippen LogP contribution in [0.2, 0.25) is 0 Å². The van der Waals surface area contributed by atoms with E-state index >= 15 is 0 Å². The fourth-order valence-electron chi connectivity index (χ4n) is 3.05. The SMILES string of the molecule is COc1cccc(/C=C2\SC(=O)N(CC(=O)N(C)[C@H]3CCS(=O)(=O)C3)C2=O)c1. The van der Waals surface area contributed by atoms with Crippen molar-refractivity contribution in [2.45, 2.75) is 12.5 Å². The van der Waals surface area contributed by atoms with Crippen LogP contribution in [-0.2, 0) is 19.4 Å². The molecule has 0 aliphatic carbocycles. The molecule has 2 saturated heterocycles. The molecule has 2 aliphatic heterocycles. The number of rotatable bonds is 5. The monoisotopic (exact) mass is 424 g/mol. The predicted molar refractivity (Wildman–Crippen MR) is 105 cm³/mol. The van der Waals surface area contributed by atoms with Crippen LogP contribution in [0.25, 0.3) is 6.08 Å². The van der Waals surface area contributed by atoms with Crippen molar-refractivity contribution in [3.63, 3.8) is 0 Å². The van der Waals surface area contributed by atoms with Gasteiger partial charge in [0.1, 0.15) is 12.3 Å². The third kappa shape index (κ3) is 4.39. The lowest BCUT2D eigenvalue weighted by Gasteiger charge is -2.25. The average molecular weight is 425 g/mol. The Hall–Kier alpha value is -2.33. The van der Waals surface area contributed by atoms with Gasteiger partial charge in [-0.15, -0.1) is 0 Å². The molecule has 0 aromatic heterocycles. The van der Waals surface area contributed by atoms with Gasteiger partial charge >= 0.3 is 0 Å². The molecule has 10 heteroatoms. The lowest BCUT2D eigenvalue weighted by Crippen LogP contribution is -2.45. The van der Waals surface area contributed by atoms with Gasteiger partial charge < -0.3 is 9.64 Å². The van der Waals surface area contributed by atoms with Crippen LogP contribution in [0.5, 0.6) is 5.75 Å². The second kappa shape index (κ2) is 7.96. The molecule has 2 aliphatic rings. The Bertz CT molecular complexity index is 957. The second-order valence-electron chi connectivity index (χ2n) is 6.61. The summed E-state index contributed by atoms with van der Waals surface area (Å²) >= 11 is 0.767. The summed E-state index contributed by atoms with van der Waals surface area (Å²) in [4.78, 5) is 39.7. The second-order valence-corrected chi connectivity index (χ2v) is 9.83. The number of sulfone groups is 1. The highest BCUT2D eigenvalue weighted by molar-refractivity contribution is 8.18. The quantitative estimate of drug-likeness (QED) is 0.658. The Kier molecular flexibility index (Phi) is 5.80. The van der Waals surface area contributed by atoms with E-state index < -0.39 is 39.5 Å². The maximum Gasteiger partial charge on any atom is 0.294 e. The molecular formula is C18H20N2O6S2. The van der Waals surface area contributed by atoms with Crippen LogP contribution in [0.15, 0.2) is 29.2 Å². The molecule has 0 radical (unpaired) electrons. The van der Waals surface area contributed by atoms with Crippen LogP contribution >= 0.6 is 11.8 Å². The van der Waals surface area contributed by atoms with E-state index in [2.05, 4.69) is 0 Å². The fourth-order valence-corrected chi connectivity index (χ4v) is 5.66. The molecule has 0 unspecified atom stereocenters. The zero-order valence-corrected chi connectivity index (χ0v) is 17.1. The number of amides is 3. The van der Waals surface area contributed by atoms with Crippen LogP contribution in [0.3, 0.4) is 0 Å². The highest BCUT2D eigenvalue weighted by Gasteiger charge is 2.39. The minimum absolute atomic E-state index is 0.0418. The molecule has 28 heavy (non-hydrogen) atoms. The minimum Gasteiger partial charge on any atom is -0.497 e. The fraction of sp³-hybridized carbons (Fsp3) is 0.389. The molecule has 1 aromatic carbocycles. The number of carbonyl (C=O) groups excluding carboxylic acids is 3.